The van der Waals surface area contributed by atoms with Gasteiger partial charge in [-0.1, -0.05) is 227 Å². The summed E-state index contributed by atoms with van der Waals surface area (Å²) in [6.45, 7) is 0. The topological polar surface area (TPSA) is 13.1 Å². The average Bonchev–Trinajstić information content (AvgIpc) is 4.26. The van der Waals surface area contributed by atoms with Crippen LogP contribution in [0.15, 0.2) is 229 Å². The third-order valence-corrected chi connectivity index (χ3v) is 19.0. The van der Waals surface area contributed by atoms with Gasteiger partial charge < -0.3 is 4.42 Å². The van der Waals surface area contributed by atoms with Gasteiger partial charge in [0.1, 0.15) is 11.2 Å². The zero-order valence-electron chi connectivity index (χ0n) is 43.6. The second kappa shape index (κ2) is 17.9. The van der Waals surface area contributed by atoms with Crippen LogP contribution in [-0.4, -0.2) is 0 Å². The molecule has 11 aromatic carbocycles. The van der Waals surface area contributed by atoms with Crippen LogP contribution >= 0.6 is 0 Å². The van der Waals surface area contributed by atoms with Crippen molar-refractivity contribution < 1.29 is 4.42 Å². The van der Waals surface area contributed by atoms with Crippen molar-refractivity contribution in [1.29, 1.82) is 0 Å². The predicted octanol–water partition coefficient (Wildman–Crippen LogP) is 20.8. The van der Waals surface area contributed by atoms with Crippen molar-refractivity contribution in [2.75, 3.05) is 0 Å². The van der Waals surface area contributed by atoms with Gasteiger partial charge in [0.25, 0.3) is 0 Å². The highest BCUT2D eigenvalue weighted by atomic mass is 16.3. The molecule has 370 valence electrons. The number of para-hydroxylation sites is 1. The second-order valence-corrected chi connectivity index (χ2v) is 23.1. The van der Waals surface area contributed by atoms with Gasteiger partial charge in [-0.15, -0.1) is 0 Å². The van der Waals surface area contributed by atoms with Crippen LogP contribution in [0.4, 0.5) is 0 Å². The van der Waals surface area contributed by atoms with Crippen molar-refractivity contribution in [3.8, 4) is 44.5 Å². The Morgan fingerprint density at radius 3 is 1.56 bits per heavy atom. The largest absolute Gasteiger partial charge is 0.456 e. The molecule has 0 aliphatic heterocycles. The third kappa shape index (κ3) is 7.12. The van der Waals surface area contributed by atoms with E-state index in [1.807, 2.05) is 0 Å². The van der Waals surface area contributed by atoms with Gasteiger partial charge in [-0.05, 0) is 190 Å². The van der Waals surface area contributed by atoms with Crippen molar-refractivity contribution in [3.05, 3.63) is 275 Å². The average molecular weight is 989 g/mol. The zero-order chi connectivity index (χ0) is 50.6. The standard InChI is InChI=1S/C76H60O/c1-3-14-48(15-4-1)59-36-39-62-63-40-37-60(49-16-5-2-6-17-49)47-71(63)76(70(62)46-59)68-23-11-9-21-65(68)75-66(22-13-24-69(75)76)74(61-38-41-73-67(45-61)64-20-10-12-25-72(64)77-73)52-29-26-51(27-30-52)54-32-33-57-44-58(35-34-56(57)43-54)55-31-28-50-18-7-8-19-53(50)42-55/h7-13,18-49,74H,1-6,14-17H2. The molecule has 12 aromatic rings. The fourth-order valence-electron chi connectivity index (χ4n) is 15.2. The summed E-state index contributed by atoms with van der Waals surface area (Å²) >= 11 is 0. The van der Waals surface area contributed by atoms with Crippen LogP contribution in [-0.2, 0) is 5.41 Å². The first-order chi connectivity index (χ1) is 38.1. The Hall–Kier alpha value is -8.26. The molecule has 1 heterocycles. The lowest BCUT2D eigenvalue weighted by Crippen LogP contribution is -2.26. The molecule has 1 nitrogen and oxygen atoms in total. The molecule has 16 rings (SSSR count). The van der Waals surface area contributed by atoms with Gasteiger partial charge in [-0.25, -0.2) is 0 Å². The van der Waals surface area contributed by atoms with E-state index in [2.05, 4.69) is 224 Å². The van der Waals surface area contributed by atoms with Gasteiger partial charge in [0.2, 0.25) is 0 Å². The molecule has 77 heavy (non-hydrogen) atoms. The van der Waals surface area contributed by atoms with Crippen LogP contribution in [0.5, 0.6) is 0 Å². The predicted molar refractivity (Wildman–Crippen MR) is 321 cm³/mol. The summed E-state index contributed by atoms with van der Waals surface area (Å²) in [6.07, 6.45) is 13.2. The first-order valence-corrected chi connectivity index (χ1v) is 28.7. The summed E-state index contributed by atoms with van der Waals surface area (Å²) in [4.78, 5) is 0. The quantitative estimate of drug-likeness (QED) is 0.145. The fourth-order valence-corrected chi connectivity index (χ4v) is 15.2. The van der Waals surface area contributed by atoms with E-state index in [0.29, 0.717) is 11.8 Å². The van der Waals surface area contributed by atoms with E-state index >= 15 is 0 Å². The van der Waals surface area contributed by atoms with E-state index < -0.39 is 5.41 Å². The molecule has 1 aromatic heterocycles. The summed E-state index contributed by atoms with van der Waals surface area (Å²) in [5.41, 5.74) is 24.7. The van der Waals surface area contributed by atoms with Gasteiger partial charge in [-0.2, -0.15) is 0 Å². The number of hydrogen-bond donors (Lipinski definition) is 0. The summed E-state index contributed by atoms with van der Waals surface area (Å²) in [6, 6.07) is 86.6. The molecule has 2 saturated carbocycles. The molecule has 4 aliphatic rings. The fraction of sp³-hybridized carbons (Fsp3) is 0.184. The van der Waals surface area contributed by atoms with Crippen LogP contribution in [0.3, 0.4) is 0 Å². The van der Waals surface area contributed by atoms with Crippen molar-refractivity contribution in [1.82, 2.24) is 0 Å². The molecular formula is C76H60O. The first kappa shape index (κ1) is 45.0. The minimum Gasteiger partial charge on any atom is -0.456 e. The Bertz CT molecular complexity index is 4240. The van der Waals surface area contributed by atoms with Gasteiger partial charge >= 0.3 is 0 Å². The monoisotopic (exact) mass is 988 g/mol. The second-order valence-electron chi connectivity index (χ2n) is 23.1. The summed E-state index contributed by atoms with van der Waals surface area (Å²) in [5.74, 6) is 1.16. The number of furan rings is 1. The van der Waals surface area contributed by atoms with Crippen LogP contribution in [0, 0.1) is 0 Å². The lowest BCUT2D eigenvalue weighted by atomic mass is 9.68. The lowest BCUT2D eigenvalue weighted by molar-refractivity contribution is 0.443. The minimum atomic E-state index is -0.437. The number of hydrogen-bond acceptors (Lipinski definition) is 1. The number of rotatable bonds is 7. The minimum absolute atomic E-state index is 0.0621. The van der Waals surface area contributed by atoms with Gasteiger partial charge in [-0.3, -0.25) is 0 Å². The molecule has 0 radical (unpaired) electrons. The third-order valence-electron chi connectivity index (χ3n) is 19.0. The van der Waals surface area contributed by atoms with E-state index in [1.165, 1.54) is 180 Å². The highest BCUT2D eigenvalue weighted by Crippen LogP contribution is 2.65. The molecule has 1 heteroatoms. The maximum absolute atomic E-state index is 6.50. The SMILES string of the molecule is c1ccc2c(c1)-c1c(C(c3ccc(-c4ccc5cc(-c6ccc7ccccc7c6)ccc5c4)cc3)c3ccc4oc5ccccc5c4c3)cccc1C21c2cc(C3CCCCC3)ccc2-c2ccc(C3CCCCC3)cc21. The van der Waals surface area contributed by atoms with Gasteiger partial charge in [0, 0.05) is 16.7 Å². The van der Waals surface area contributed by atoms with Gasteiger partial charge in [0.15, 0.2) is 0 Å². The zero-order valence-corrected chi connectivity index (χ0v) is 43.6. The first-order valence-electron chi connectivity index (χ1n) is 28.7. The molecule has 4 aliphatic carbocycles. The van der Waals surface area contributed by atoms with E-state index in [9.17, 15) is 0 Å². The van der Waals surface area contributed by atoms with Crippen LogP contribution in [0.25, 0.3) is 88.0 Å². The molecule has 0 bridgehead atoms. The Balaban J connectivity index is 0.866. The van der Waals surface area contributed by atoms with E-state index in [1.54, 1.807) is 0 Å². The van der Waals surface area contributed by atoms with Crippen LogP contribution < -0.4 is 0 Å². The van der Waals surface area contributed by atoms with Crippen LogP contribution in [0.2, 0.25) is 0 Å². The molecule has 1 unspecified atom stereocenters. The van der Waals surface area contributed by atoms with E-state index in [0.717, 1.165) is 21.9 Å². The van der Waals surface area contributed by atoms with Crippen molar-refractivity contribution in [2.45, 2.75) is 87.4 Å². The molecule has 2 fully saturated rings. The van der Waals surface area contributed by atoms with E-state index in [-0.39, 0.29) is 5.92 Å². The van der Waals surface area contributed by atoms with Crippen molar-refractivity contribution >= 4 is 43.5 Å². The Morgan fingerprint density at radius 2 is 0.870 bits per heavy atom. The molecule has 0 saturated heterocycles. The molecular weight excluding hydrogens is 929 g/mol. The molecule has 0 amide bonds. The lowest BCUT2D eigenvalue weighted by Gasteiger charge is -2.33. The maximum atomic E-state index is 6.50. The molecule has 0 N–H and O–H groups in total. The highest BCUT2D eigenvalue weighted by molar-refractivity contribution is 6.05. The Labute approximate surface area is 451 Å². The highest BCUT2D eigenvalue weighted by Gasteiger charge is 2.53. The summed E-state index contributed by atoms with van der Waals surface area (Å²) in [5, 5.41) is 7.34. The Kier molecular flexibility index (Phi) is 10.5. The normalized spacial score (nSPS) is 16.3. The summed E-state index contributed by atoms with van der Waals surface area (Å²) in [7, 11) is 0. The van der Waals surface area contributed by atoms with Crippen LogP contribution in [0.1, 0.15) is 132 Å². The summed E-state index contributed by atoms with van der Waals surface area (Å²) < 4.78 is 6.50. The number of fused-ring (bicyclic) bond motifs is 15. The number of benzene rings is 11. The Morgan fingerprint density at radius 1 is 0.338 bits per heavy atom. The van der Waals surface area contributed by atoms with Crippen molar-refractivity contribution in [3.63, 3.8) is 0 Å². The molecule has 1 atom stereocenters. The van der Waals surface area contributed by atoms with Gasteiger partial charge in [0.05, 0.1) is 5.41 Å². The van der Waals surface area contributed by atoms with E-state index in [4.69, 9.17) is 4.42 Å². The van der Waals surface area contributed by atoms with Crippen molar-refractivity contribution in [2.24, 2.45) is 0 Å². The molecule has 1 spiro atoms. The maximum Gasteiger partial charge on any atom is 0.135 e. The smallest absolute Gasteiger partial charge is 0.135 e.